The van der Waals surface area contributed by atoms with Crippen molar-refractivity contribution in [3.63, 3.8) is 0 Å². The van der Waals surface area contributed by atoms with Crippen LogP contribution in [0.15, 0.2) is 35.9 Å². The molecule has 0 bridgehead atoms. The molecule has 106 valence electrons. The zero-order valence-electron chi connectivity index (χ0n) is 11.3. The lowest BCUT2D eigenvalue weighted by Gasteiger charge is -2.06. The summed E-state index contributed by atoms with van der Waals surface area (Å²) in [5, 5.41) is 11.9. The highest BCUT2D eigenvalue weighted by Crippen LogP contribution is 2.16. The van der Waals surface area contributed by atoms with Gasteiger partial charge in [-0.25, -0.2) is 4.79 Å². The number of carboxylic acid groups (broad SMARTS) is 1. The van der Waals surface area contributed by atoms with E-state index in [1.54, 1.807) is 0 Å². The van der Waals surface area contributed by atoms with Gasteiger partial charge in [0.1, 0.15) is 6.61 Å². The molecule has 5 heteroatoms. The summed E-state index contributed by atoms with van der Waals surface area (Å²) in [7, 11) is 0. The molecule has 1 aromatic carbocycles. The highest BCUT2D eigenvalue weighted by Gasteiger charge is 2.27. The van der Waals surface area contributed by atoms with Gasteiger partial charge in [0.25, 0.3) is 0 Å². The zero-order valence-corrected chi connectivity index (χ0v) is 11.3. The predicted molar refractivity (Wildman–Crippen MR) is 73.1 cm³/mol. The molecular formula is C15H17NO4. The van der Waals surface area contributed by atoms with Crippen LogP contribution in [0.5, 0.6) is 0 Å². The number of nitrogens with one attached hydrogen (secondary N) is 1. The molecule has 0 unspecified atom stereocenters. The van der Waals surface area contributed by atoms with Crippen molar-refractivity contribution >= 4 is 11.9 Å². The molecule has 0 aliphatic carbocycles. The van der Waals surface area contributed by atoms with Gasteiger partial charge in [0.15, 0.2) is 0 Å². The highest BCUT2D eigenvalue weighted by atomic mass is 16.5. The van der Waals surface area contributed by atoms with Crippen LogP contribution in [0.3, 0.4) is 0 Å². The van der Waals surface area contributed by atoms with Gasteiger partial charge < -0.3 is 15.2 Å². The number of carboxylic acids is 1. The molecule has 5 nitrogen and oxygen atoms in total. The van der Waals surface area contributed by atoms with E-state index in [0.717, 1.165) is 11.1 Å². The number of hydrogen-bond acceptors (Lipinski definition) is 4. The number of hydrogen-bond donors (Lipinski definition) is 2. The molecule has 0 spiro atoms. The minimum absolute atomic E-state index is 0.190. The van der Waals surface area contributed by atoms with Gasteiger partial charge in [0.2, 0.25) is 0 Å². The Kier molecular flexibility index (Phi) is 4.53. The third-order valence-electron chi connectivity index (χ3n) is 3.19. The van der Waals surface area contributed by atoms with Gasteiger partial charge in [0.05, 0.1) is 5.92 Å². The van der Waals surface area contributed by atoms with Crippen molar-refractivity contribution in [1.29, 1.82) is 0 Å². The molecule has 1 heterocycles. The smallest absolute Gasteiger partial charge is 0.331 e. The second-order valence-electron chi connectivity index (χ2n) is 4.84. The Morgan fingerprint density at radius 1 is 1.50 bits per heavy atom. The Balaban J connectivity index is 1.94. The van der Waals surface area contributed by atoms with Gasteiger partial charge in [-0.05, 0) is 18.1 Å². The fourth-order valence-electron chi connectivity index (χ4n) is 2.16. The Hall–Kier alpha value is -2.14. The number of aryl methyl sites for hydroxylation is 1. The van der Waals surface area contributed by atoms with Crippen LogP contribution < -0.4 is 5.32 Å². The van der Waals surface area contributed by atoms with E-state index in [2.05, 4.69) is 5.32 Å². The molecule has 1 aliphatic rings. The quantitative estimate of drug-likeness (QED) is 0.639. The van der Waals surface area contributed by atoms with E-state index in [1.807, 2.05) is 31.2 Å². The van der Waals surface area contributed by atoms with E-state index >= 15 is 0 Å². The molecule has 1 saturated heterocycles. The first-order valence-electron chi connectivity index (χ1n) is 6.42. The topological polar surface area (TPSA) is 75.6 Å². The first-order chi connectivity index (χ1) is 9.56. The summed E-state index contributed by atoms with van der Waals surface area (Å²) in [5.41, 5.74) is 2.57. The molecule has 0 saturated carbocycles. The molecule has 20 heavy (non-hydrogen) atoms. The van der Waals surface area contributed by atoms with Gasteiger partial charge in [0, 0.05) is 19.2 Å². The minimum Gasteiger partial charge on any atom is -0.481 e. The Bertz CT molecular complexity index is 551. The van der Waals surface area contributed by atoms with Crippen LogP contribution in [0.2, 0.25) is 0 Å². The summed E-state index contributed by atoms with van der Waals surface area (Å²) < 4.78 is 5.14. The number of ether oxygens (including phenoxy) is 1. The van der Waals surface area contributed by atoms with Gasteiger partial charge in [-0.3, -0.25) is 4.79 Å². The van der Waals surface area contributed by atoms with Crippen molar-refractivity contribution in [2.45, 2.75) is 13.5 Å². The number of carbonyl (C=O) groups excluding carboxylic acids is 1. The fourth-order valence-corrected chi connectivity index (χ4v) is 2.16. The third-order valence-corrected chi connectivity index (χ3v) is 3.19. The van der Waals surface area contributed by atoms with Crippen LogP contribution in [-0.4, -0.2) is 30.1 Å². The van der Waals surface area contributed by atoms with E-state index in [-0.39, 0.29) is 6.61 Å². The van der Waals surface area contributed by atoms with E-state index in [1.165, 1.54) is 6.08 Å². The summed E-state index contributed by atoms with van der Waals surface area (Å²) >= 11 is 0. The summed E-state index contributed by atoms with van der Waals surface area (Å²) in [6.45, 7) is 2.92. The summed E-state index contributed by atoms with van der Waals surface area (Å²) in [6, 6.07) is 7.69. The van der Waals surface area contributed by atoms with Crippen molar-refractivity contribution in [3.05, 3.63) is 47.0 Å². The van der Waals surface area contributed by atoms with Crippen LogP contribution in [0.25, 0.3) is 0 Å². The van der Waals surface area contributed by atoms with Crippen molar-refractivity contribution in [3.8, 4) is 0 Å². The third kappa shape index (κ3) is 3.68. The molecular weight excluding hydrogens is 258 g/mol. The first-order valence-corrected chi connectivity index (χ1v) is 6.42. The molecule has 2 N–H and O–H groups in total. The number of aliphatic carboxylic acids is 1. The van der Waals surface area contributed by atoms with Gasteiger partial charge in [-0.1, -0.05) is 29.8 Å². The fraction of sp³-hybridized carbons (Fsp3) is 0.333. The van der Waals surface area contributed by atoms with Gasteiger partial charge in [-0.15, -0.1) is 0 Å². The average molecular weight is 275 g/mol. The van der Waals surface area contributed by atoms with Crippen LogP contribution in [0, 0.1) is 12.8 Å². The summed E-state index contributed by atoms with van der Waals surface area (Å²) in [4.78, 5) is 22.7. The van der Waals surface area contributed by atoms with Crippen molar-refractivity contribution in [1.82, 2.24) is 5.32 Å². The molecule has 0 amide bonds. The first kappa shape index (κ1) is 14.3. The standard InChI is InChI=1S/C15H17NO4/c1-10-3-2-4-11(5-10)9-20-14(17)6-12-7-16-8-13(12)15(18)19/h2-6,13,16H,7-9H2,1H3,(H,18,19)/t13-/m0/s1. The molecule has 0 radical (unpaired) electrons. The van der Waals surface area contributed by atoms with Crippen LogP contribution >= 0.6 is 0 Å². The van der Waals surface area contributed by atoms with Crippen LogP contribution in [0.4, 0.5) is 0 Å². The van der Waals surface area contributed by atoms with Crippen molar-refractivity contribution in [2.24, 2.45) is 5.92 Å². The number of rotatable bonds is 4. The maximum absolute atomic E-state index is 11.7. The van der Waals surface area contributed by atoms with Gasteiger partial charge >= 0.3 is 11.9 Å². The second-order valence-corrected chi connectivity index (χ2v) is 4.84. The minimum atomic E-state index is -0.923. The molecule has 1 fully saturated rings. The largest absolute Gasteiger partial charge is 0.481 e. The number of carbonyl (C=O) groups is 2. The Morgan fingerprint density at radius 2 is 2.30 bits per heavy atom. The highest BCUT2D eigenvalue weighted by molar-refractivity contribution is 5.85. The Labute approximate surface area is 117 Å². The lowest BCUT2D eigenvalue weighted by Crippen LogP contribution is -2.18. The molecule has 1 atom stereocenters. The normalized spacial score (nSPS) is 20.1. The molecule has 1 aromatic rings. The molecule has 0 aromatic heterocycles. The number of esters is 1. The summed E-state index contributed by atoms with van der Waals surface area (Å²) in [5.74, 6) is -2.06. The maximum atomic E-state index is 11.7. The zero-order chi connectivity index (χ0) is 14.5. The van der Waals surface area contributed by atoms with Crippen LogP contribution in [-0.2, 0) is 20.9 Å². The lowest BCUT2D eigenvalue weighted by molar-refractivity contribution is -0.139. The molecule has 2 rings (SSSR count). The van der Waals surface area contributed by atoms with Crippen molar-refractivity contribution in [2.75, 3.05) is 13.1 Å². The predicted octanol–water partition coefficient (Wildman–Crippen LogP) is 1.27. The SMILES string of the molecule is Cc1cccc(COC(=O)C=C2CNC[C@@H]2C(=O)O)c1. The summed E-state index contributed by atoms with van der Waals surface area (Å²) in [6.07, 6.45) is 1.29. The van der Waals surface area contributed by atoms with Crippen LogP contribution in [0.1, 0.15) is 11.1 Å². The van der Waals surface area contributed by atoms with E-state index in [4.69, 9.17) is 9.84 Å². The maximum Gasteiger partial charge on any atom is 0.331 e. The van der Waals surface area contributed by atoms with E-state index in [0.29, 0.717) is 18.7 Å². The number of benzene rings is 1. The van der Waals surface area contributed by atoms with E-state index < -0.39 is 17.9 Å². The lowest BCUT2D eigenvalue weighted by atomic mass is 10.0. The molecule has 1 aliphatic heterocycles. The average Bonchev–Trinajstić information content (AvgIpc) is 2.85. The monoisotopic (exact) mass is 275 g/mol. The van der Waals surface area contributed by atoms with E-state index in [9.17, 15) is 9.59 Å². The Morgan fingerprint density at radius 3 is 3.00 bits per heavy atom. The van der Waals surface area contributed by atoms with Crippen molar-refractivity contribution < 1.29 is 19.4 Å². The van der Waals surface area contributed by atoms with Gasteiger partial charge in [-0.2, -0.15) is 0 Å². The second kappa shape index (κ2) is 6.34.